The highest BCUT2D eigenvalue weighted by Crippen LogP contribution is 2.24. The summed E-state index contributed by atoms with van der Waals surface area (Å²) in [5.41, 5.74) is 2.69. The second kappa shape index (κ2) is 5.62. The molecule has 7 heteroatoms. The Morgan fingerprint density at radius 2 is 1.96 bits per heavy atom. The van der Waals surface area contributed by atoms with Gasteiger partial charge in [0.25, 0.3) is 5.91 Å². The first-order valence-electron chi connectivity index (χ1n) is 6.92. The molecule has 4 rings (SSSR count). The van der Waals surface area contributed by atoms with Gasteiger partial charge >= 0.3 is 0 Å². The average Bonchev–Trinajstić information content (AvgIpc) is 3.22. The summed E-state index contributed by atoms with van der Waals surface area (Å²) in [7, 11) is 0. The van der Waals surface area contributed by atoms with Crippen LogP contribution < -0.4 is 5.32 Å². The normalized spacial score (nSPS) is 10.8. The van der Waals surface area contributed by atoms with E-state index in [4.69, 9.17) is 0 Å². The number of benzene rings is 1. The van der Waals surface area contributed by atoms with Gasteiger partial charge in [0.15, 0.2) is 10.8 Å². The number of carbonyl (C=O) groups excluding carboxylic acids is 1. The summed E-state index contributed by atoms with van der Waals surface area (Å²) in [6.07, 6.45) is 1.71. The number of fused-ring (bicyclic) bond motifs is 1. The number of thiazole rings is 1. The lowest BCUT2D eigenvalue weighted by Gasteiger charge is -1.98. The second-order valence-corrected chi connectivity index (χ2v) is 5.68. The fourth-order valence-corrected chi connectivity index (χ4v) is 2.96. The fourth-order valence-electron chi connectivity index (χ4n) is 2.26. The number of nitrogens with one attached hydrogen (secondary N) is 2. The predicted octanol–water partition coefficient (Wildman–Crippen LogP) is 3.33. The van der Waals surface area contributed by atoms with Crippen LogP contribution in [0.5, 0.6) is 0 Å². The molecular formula is C16H11N5OS. The number of rotatable bonds is 3. The number of aromatic nitrogens is 4. The zero-order valence-electron chi connectivity index (χ0n) is 11.9. The van der Waals surface area contributed by atoms with Gasteiger partial charge in [0.05, 0.1) is 11.2 Å². The summed E-state index contributed by atoms with van der Waals surface area (Å²) in [5.74, 6) is -0.288. The van der Waals surface area contributed by atoms with E-state index in [-0.39, 0.29) is 5.91 Å². The molecule has 0 bridgehead atoms. The average molecular weight is 321 g/mol. The van der Waals surface area contributed by atoms with E-state index in [9.17, 15) is 4.79 Å². The molecule has 0 fully saturated rings. The summed E-state index contributed by atoms with van der Waals surface area (Å²) in [5, 5.41) is 12.9. The van der Waals surface area contributed by atoms with Crippen LogP contribution in [-0.4, -0.2) is 26.1 Å². The van der Waals surface area contributed by atoms with Crippen molar-refractivity contribution in [1.29, 1.82) is 0 Å². The van der Waals surface area contributed by atoms with E-state index in [1.165, 1.54) is 11.3 Å². The summed E-state index contributed by atoms with van der Waals surface area (Å²) in [4.78, 5) is 21.0. The monoisotopic (exact) mass is 321 g/mol. The van der Waals surface area contributed by atoms with Crippen molar-refractivity contribution in [2.24, 2.45) is 0 Å². The topological polar surface area (TPSA) is 83.6 Å². The molecule has 112 valence electrons. The molecule has 0 spiro atoms. The van der Waals surface area contributed by atoms with Crippen molar-refractivity contribution in [3.63, 3.8) is 0 Å². The molecule has 1 aromatic carbocycles. The maximum Gasteiger partial charge on any atom is 0.278 e. The minimum atomic E-state index is -0.288. The maximum absolute atomic E-state index is 12.4. The number of hydrogen-bond donors (Lipinski definition) is 2. The first-order chi connectivity index (χ1) is 11.3. The fraction of sp³-hybridized carbons (Fsp3) is 0. The van der Waals surface area contributed by atoms with Crippen LogP contribution in [0, 0.1) is 0 Å². The third-order valence-electron chi connectivity index (χ3n) is 3.34. The number of amides is 1. The van der Waals surface area contributed by atoms with E-state index in [2.05, 4.69) is 25.5 Å². The highest BCUT2D eigenvalue weighted by Gasteiger charge is 2.15. The van der Waals surface area contributed by atoms with E-state index >= 15 is 0 Å². The van der Waals surface area contributed by atoms with Gasteiger partial charge in [-0.2, -0.15) is 5.10 Å². The van der Waals surface area contributed by atoms with Gasteiger partial charge in [-0.05, 0) is 18.2 Å². The number of para-hydroxylation sites is 1. The molecule has 0 saturated heterocycles. The molecule has 0 radical (unpaired) electrons. The minimum Gasteiger partial charge on any atom is -0.296 e. The van der Waals surface area contributed by atoms with Crippen LogP contribution in [0.25, 0.3) is 22.3 Å². The predicted molar refractivity (Wildman–Crippen MR) is 89.4 cm³/mol. The molecule has 23 heavy (non-hydrogen) atoms. The molecule has 6 nitrogen and oxygen atoms in total. The zero-order valence-corrected chi connectivity index (χ0v) is 12.7. The first-order valence-corrected chi connectivity index (χ1v) is 7.80. The van der Waals surface area contributed by atoms with E-state index in [0.29, 0.717) is 10.8 Å². The van der Waals surface area contributed by atoms with E-state index in [1.807, 2.05) is 47.8 Å². The van der Waals surface area contributed by atoms with Gasteiger partial charge in [0.2, 0.25) is 0 Å². The van der Waals surface area contributed by atoms with Crippen LogP contribution in [0.3, 0.4) is 0 Å². The lowest BCUT2D eigenvalue weighted by atomic mass is 10.2. The zero-order chi connectivity index (χ0) is 15.6. The molecule has 0 aliphatic carbocycles. The van der Waals surface area contributed by atoms with Crippen LogP contribution in [0.2, 0.25) is 0 Å². The van der Waals surface area contributed by atoms with Crippen molar-refractivity contribution in [1.82, 2.24) is 20.2 Å². The van der Waals surface area contributed by atoms with E-state index in [1.54, 1.807) is 6.20 Å². The Balaban J connectivity index is 1.59. The van der Waals surface area contributed by atoms with Crippen LogP contribution in [0.15, 0.2) is 54.0 Å². The number of anilines is 1. The number of H-pyrrole nitrogens is 1. The summed E-state index contributed by atoms with van der Waals surface area (Å²) >= 11 is 1.35. The van der Waals surface area contributed by atoms with Crippen LogP contribution in [-0.2, 0) is 0 Å². The number of hydrogen-bond acceptors (Lipinski definition) is 5. The molecule has 3 aromatic heterocycles. The number of carbonyl (C=O) groups is 1. The van der Waals surface area contributed by atoms with Gasteiger partial charge < -0.3 is 0 Å². The summed E-state index contributed by atoms with van der Waals surface area (Å²) < 4.78 is 0. The van der Waals surface area contributed by atoms with Crippen molar-refractivity contribution >= 4 is 33.3 Å². The van der Waals surface area contributed by atoms with Gasteiger partial charge in [-0.25, -0.2) is 4.98 Å². The Morgan fingerprint density at radius 3 is 2.83 bits per heavy atom. The smallest absolute Gasteiger partial charge is 0.278 e. The van der Waals surface area contributed by atoms with Crippen LogP contribution >= 0.6 is 11.3 Å². The van der Waals surface area contributed by atoms with Crippen LogP contribution in [0.1, 0.15) is 10.5 Å². The van der Waals surface area contributed by atoms with E-state index < -0.39 is 0 Å². The second-order valence-electron chi connectivity index (χ2n) is 4.82. The maximum atomic E-state index is 12.4. The van der Waals surface area contributed by atoms with Gasteiger partial charge in [0.1, 0.15) is 5.69 Å². The minimum absolute atomic E-state index is 0.288. The molecule has 0 atom stereocenters. The molecule has 4 aromatic rings. The highest BCUT2D eigenvalue weighted by atomic mass is 32.1. The van der Waals surface area contributed by atoms with Crippen molar-refractivity contribution in [2.75, 3.05) is 5.32 Å². The SMILES string of the molecule is O=C(Nc1nc(-c2ccccn2)cs1)c1n[nH]c2ccccc12. The number of pyridine rings is 1. The van der Waals surface area contributed by atoms with Gasteiger partial charge in [-0.3, -0.25) is 20.2 Å². The largest absolute Gasteiger partial charge is 0.296 e. The van der Waals surface area contributed by atoms with Gasteiger partial charge in [0, 0.05) is 17.0 Å². The first kappa shape index (κ1) is 13.6. The van der Waals surface area contributed by atoms with Crippen molar-refractivity contribution in [2.45, 2.75) is 0 Å². The Labute approximate surface area is 135 Å². The van der Waals surface area contributed by atoms with Crippen molar-refractivity contribution < 1.29 is 4.79 Å². The third kappa shape index (κ3) is 2.58. The van der Waals surface area contributed by atoms with Crippen LogP contribution in [0.4, 0.5) is 5.13 Å². The lowest BCUT2D eigenvalue weighted by molar-refractivity contribution is 0.102. The molecule has 0 aliphatic heterocycles. The molecule has 1 amide bonds. The lowest BCUT2D eigenvalue weighted by Crippen LogP contribution is -2.12. The van der Waals surface area contributed by atoms with E-state index in [0.717, 1.165) is 22.3 Å². The van der Waals surface area contributed by atoms with Crippen molar-refractivity contribution in [3.05, 3.63) is 59.7 Å². The molecule has 2 N–H and O–H groups in total. The van der Waals surface area contributed by atoms with Crippen molar-refractivity contribution in [3.8, 4) is 11.4 Å². The molecule has 0 saturated carbocycles. The molecule has 0 unspecified atom stereocenters. The number of aromatic amines is 1. The van der Waals surface area contributed by atoms with Gasteiger partial charge in [-0.15, -0.1) is 11.3 Å². The number of nitrogens with zero attached hydrogens (tertiary/aromatic N) is 3. The standard InChI is InChI=1S/C16H11N5OS/c22-15(14-10-5-1-2-6-11(10)20-21-14)19-16-18-13(9-23-16)12-7-3-4-8-17-12/h1-9H,(H,20,21)(H,18,19,22). The Hall–Kier alpha value is -3.06. The van der Waals surface area contributed by atoms with Gasteiger partial charge in [-0.1, -0.05) is 24.3 Å². The summed E-state index contributed by atoms with van der Waals surface area (Å²) in [6.45, 7) is 0. The highest BCUT2D eigenvalue weighted by molar-refractivity contribution is 7.14. The quantitative estimate of drug-likeness (QED) is 0.606. The molecule has 3 heterocycles. The Morgan fingerprint density at radius 1 is 1.09 bits per heavy atom. The molecular weight excluding hydrogens is 310 g/mol. The Bertz CT molecular complexity index is 976. The third-order valence-corrected chi connectivity index (χ3v) is 4.10. The molecule has 0 aliphatic rings. The Kier molecular flexibility index (Phi) is 3.32. The summed E-state index contributed by atoms with van der Waals surface area (Å²) in [6, 6.07) is 13.1.